The van der Waals surface area contributed by atoms with Crippen LogP contribution in [0.2, 0.25) is 0 Å². The zero-order valence-corrected chi connectivity index (χ0v) is 3.64. The van der Waals surface area contributed by atoms with E-state index in [-0.39, 0.29) is 0 Å². The summed E-state index contributed by atoms with van der Waals surface area (Å²) in [6.07, 6.45) is 4.61. The van der Waals surface area contributed by atoms with Crippen molar-refractivity contribution in [2.45, 2.75) is 0 Å². The van der Waals surface area contributed by atoms with Crippen molar-refractivity contribution in [1.29, 1.82) is 0 Å². The van der Waals surface area contributed by atoms with Crippen LogP contribution in [0.1, 0.15) is 0 Å². The number of hydrogen-bond acceptors (Lipinski definition) is 2. The van der Waals surface area contributed by atoms with Crippen LogP contribution in [-0.2, 0) is 4.84 Å². The smallest absolute Gasteiger partial charge is 0.102 e. The van der Waals surface area contributed by atoms with Gasteiger partial charge in [-0.15, -0.1) is 0 Å². The molecule has 1 aliphatic heterocycles. The predicted octanol–water partition coefficient (Wildman–Crippen LogP) is 0.180. The molecular formula is C4H6NO. The van der Waals surface area contributed by atoms with E-state index in [1.54, 1.807) is 11.3 Å². The van der Waals surface area contributed by atoms with Gasteiger partial charge >= 0.3 is 0 Å². The second-order valence-electron chi connectivity index (χ2n) is 1.15. The van der Waals surface area contributed by atoms with Crippen LogP contribution >= 0.6 is 0 Å². The largest absolute Gasteiger partial charge is 0.269 e. The lowest BCUT2D eigenvalue weighted by atomic mass is 10.7. The fourth-order valence-electron chi connectivity index (χ4n) is 0.342. The second kappa shape index (κ2) is 1.30. The molecule has 1 heterocycles. The fraction of sp³-hybridized carbons (Fsp3) is 0.500. The monoisotopic (exact) mass is 84.0 g/mol. The third-order valence-corrected chi connectivity index (χ3v) is 0.625. The highest BCUT2D eigenvalue weighted by Gasteiger charge is 1.93. The third-order valence-electron chi connectivity index (χ3n) is 0.625. The molecule has 0 unspecified atom stereocenters. The van der Waals surface area contributed by atoms with Gasteiger partial charge in [-0.2, -0.15) is 0 Å². The van der Waals surface area contributed by atoms with Gasteiger partial charge in [0, 0.05) is 19.3 Å². The van der Waals surface area contributed by atoms with Gasteiger partial charge in [-0.05, 0) is 0 Å². The lowest BCUT2D eigenvalue weighted by Crippen LogP contribution is -2.03. The topological polar surface area (TPSA) is 12.5 Å². The van der Waals surface area contributed by atoms with E-state index >= 15 is 0 Å². The Bertz CT molecular complexity index is 69.9. The summed E-state index contributed by atoms with van der Waals surface area (Å²) in [5.41, 5.74) is 0. The van der Waals surface area contributed by atoms with Crippen LogP contribution in [0.3, 0.4) is 0 Å². The van der Waals surface area contributed by atoms with E-state index < -0.39 is 0 Å². The minimum Gasteiger partial charge on any atom is -0.269 e. The molecule has 6 heavy (non-hydrogen) atoms. The lowest BCUT2D eigenvalue weighted by Gasteiger charge is -2.02. The van der Waals surface area contributed by atoms with Crippen molar-refractivity contribution < 1.29 is 4.84 Å². The van der Waals surface area contributed by atoms with E-state index in [4.69, 9.17) is 4.84 Å². The zero-order chi connectivity index (χ0) is 4.41. The molecule has 2 heteroatoms. The Morgan fingerprint density at radius 2 is 2.83 bits per heavy atom. The van der Waals surface area contributed by atoms with Crippen LogP contribution in [0.25, 0.3) is 0 Å². The predicted molar refractivity (Wildman–Crippen MR) is 21.5 cm³/mol. The maximum atomic E-state index is 4.82. The molecule has 0 aliphatic carbocycles. The van der Waals surface area contributed by atoms with Crippen molar-refractivity contribution in [3.8, 4) is 0 Å². The van der Waals surface area contributed by atoms with E-state index in [1.807, 2.05) is 7.05 Å². The molecule has 33 valence electrons. The molecule has 0 saturated heterocycles. The Hall–Kier alpha value is -0.500. The van der Waals surface area contributed by atoms with Crippen molar-refractivity contribution in [2.24, 2.45) is 0 Å². The summed E-state index contributed by atoms with van der Waals surface area (Å²) in [6.45, 7) is 0.608. The summed E-state index contributed by atoms with van der Waals surface area (Å²) >= 11 is 0. The summed E-state index contributed by atoms with van der Waals surface area (Å²) < 4.78 is 0. The third kappa shape index (κ3) is 0.518. The molecule has 0 amide bonds. The summed E-state index contributed by atoms with van der Waals surface area (Å²) in [5.74, 6) is 0. The molecular weight excluding hydrogens is 78.0 g/mol. The van der Waals surface area contributed by atoms with Crippen LogP contribution in [0.4, 0.5) is 0 Å². The minimum absolute atomic E-state index is 0.608. The highest BCUT2D eigenvalue weighted by atomic mass is 16.7. The van der Waals surface area contributed by atoms with Gasteiger partial charge in [-0.3, -0.25) is 9.90 Å². The first-order chi connectivity index (χ1) is 2.89. The minimum atomic E-state index is 0.608. The molecule has 0 bridgehead atoms. The molecule has 0 atom stereocenters. The Morgan fingerprint density at radius 1 is 2.00 bits per heavy atom. The van der Waals surface area contributed by atoms with Crippen LogP contribution in [0.15, 0.2) is 6.20 Å². The summed E-state index contributed by atoms with van der Waals surface area (Å²) in [4.78, 5) is 4.82. The van der Waals surface area contributed by atoms with Crippen molar-refractivity contribution in [3.63, 3.8) is 0 Å². The van der Waals surface area contributed by atoms with Gasteiger partial charge in [0.15, 0.2) is 0 Å². The van der Waals surface area contributed by atoms with E-state index in [2.05, 4.69) is 6.08 Å². The normalized spacial score (nSPS) is 19.8. The molecule has 0 spiro atoms. The number of hydroxylamine groups is 2. The maximum absolute atomic E-state index is 4.82. The highest BCUT2D eigenvalue weighted by molar-refractivity contribution is 4.72. The summed E-state index contributed by atoms with van der Waals surface area (Å²) in [6, 6.07) is 0. The van der Waals surface area contributed by atoms with Crippen LogP contribution in [0, 0.1) is 6.08 Å². The Labute approximate surface area is 37.0 Å². The van der Waals surface area contributed by atoms with Crippen LogP contribution < -0.4 is 0 Å². The first-order valence-electron chi connectivity index (χ1n) is 1.82. The van der Waals surface area contributed by atoms with Crippen molar-refractivity contribution >= 4 is 0 Å². The van der Waals surface area contributed by atoms with E-state index in [0.29, 0.717) is 6.61 Å². The number of rotatable bonds is 0. The van der Waals surface area contributed by atoms with Crippen molar-refractivity contribution in [1.82, 2.24) is 5.06 Å². The second-order valence-corrected chi connectivity index (χ2v) is 1.15. The first-order valence-corrected chi connectivity index (χ1v) is 1.82. The van der Waals surface area contributed by atoms with Crippen LogP contribution in [-0.4, -0.2) is 18.7 Å². The van der Waals surface area contributed by atoms with Gasteiger partial charge in [0.1, 0.15) is 6.61 Å². The molecule has 0 aromatic heterocycles. The van der Waals surface area contributed by atoms with Gasteiger partial charge in [0.2, 0.25) is 0 Å². The fourth-order valence-corrected chi connectivity index (χ4v) is 0.342. The van der Waals surface area contributed by atoms with Gasteiger partial charge in [0.25, 0.3) is 0 Å². The van der Waals surface area contributed by atoms with E-state index in [9.17, 15) is 0 Å². The van der Waals surface area contributed by atoms with Crippen LogP contribution in [0.5, 0.6) is 0 Å². The molecule has 0 aromatic carbocycles. The average molecular weight is 84.1 g/mol. The molecule has 1 rings (SSSR count). The molecule has 0 aromatic rings. The maximum Gasteiger partial charge on any atom is 0.102 e. The summed E-state index contributed by atoms with van der Waals surface area (Å²) in [7, 11) is 1.83. The Kier molecular flexibility index (Phi) is 0.801. The number of nitrogens with zero attached hydrogens (tertiary/aromatic N) is 1. The molecule has 0 saturated carbocycles. The SMILES string of the molecule is CN1C=[C]CO1. The lowest BCUT2D eigenvalue weighted by molar-refractivity contribution is -0.0679. The van der Waals surface area contributed by atoms with Gasteiger partial charge in [-0.25, -0.2) is 0 Å². The average Bonchev–Trinajstić information content (AvgIpc) is 1.86. The summed E-state index contributed by atoms with van der Waals surface area (Å²) in [5, 5.41) is 1.62. The van der Waals surface area contributed by atoms with Gasteiger partial charge in [0.05, 0.1) is 0 Å². The van der Waals surface area contributed by atoms with E-state index in [0.717, 1.165) is 0 Å². The van der Waals surface area contributed by atoms with E-state index in [1.165, 1.54) is 0 Å². The van der Waals surface area contributed by atoms with Crippen molar-refractivity contribution in [2.75, 3.05) is 13.7 Å². The highest BCUT2D eigenvalue weighted by Crippen LogP contribution is 1.92. The molecule has 2 nitrogen and oxygen atoms in total. The molecule has 0 fully saturated rings. The molecule has 0 N–H and O–H groups in total. The first kappa shape index (κ1) is 3.68. The van der Waals surface area contributed by atoms with Crippen molar-refractivity contribution in [3.05, 3.63) is 12.3 Å². The number of hydrogen-bond donors (Lipinski definition) is 0. The van der Waals surface area contributed by atoms with Gasteiger partial charge in [-0.1, -0.05) is 0 Å². The van der Waals surface area contributed by atoms with Gasteiger partial charge < -0.3 is 0 Å². The zero-order valence-electron chi connectivity index (χ0n) is 3.64. The Balaban J connectivity index is 2.38. The quantitative estimate of drug-likeness (QED) is 0.415. The molecule has 1 radical (unpaired) electrons. The standard InChI is InChI=1S/C4H6NO/c1-5-3-2-4-6-5/h3H,4H2,1H3. The Morgan fingerprint density at radius 3 is 3.00 bits per heavy atom. The molecule has 1 aliphatic rings.